The molecule has 1 aromatic rings. The second-order valence-electron chi connectivity index (χ2n) is 5.44. The van der Waals surface area contributed by atoms with Crippen molar-refractivity contribution in [3.05, 3.63) is 24.3 Å². The number of carbonyl (C=O) groups excluding carboxylic acids is 2. The number of urea groups is 1. The van der Waals surface area contributed by atoms with Crippen molar-refractivity contribution in [2.75, 3.05) is 23.7 Å². The Morgan fingerprint density at radius 3 is 1.86 bits per heavy atom. The Kier molecular flexibility index (Phi) is 5.60. The van der Waals surface area contributed by atoms with Crippen LogP contribution in [-0.4, -0.2) is 29.9 Å². The average molecular weight is 289 g/mol. The first kappa shape index (κ1) is 15.4. The molecule has 21 heavy (non-hydrogen) atoms. The molecule has 1 aliphatic heterocycles. The number of benzene rings is 1. The fourth-order valence-corrected chi connectivity index (χ4v) is 2.49. The zero-order chi connectivity index (χ0) is 15.1. The van der Waals surface area contributed by atoms with Gasteiger partial charge < -0.3 is 15.5 Å². The van der Waals surface area contributed by atoms with Crippen LogP contribution in [0.5, 0.6) is 0 Å². The summed E-state index contributed by atoms with van der Waals surface area (Å²) in [7, 11) is 0. The molecule has 0 unspecified atom stereocenters. The number of carbonyl (C=O) groups is 2. The molecule has 1 heterocycles. The summed E-state index contributed by atoms with van der Waals surface area (Å²) in [5.74, 6) is -0.104. The molecule has 1 aromatic carbocycles. The molecular weight excluding hydrogens is 266 g/mol. The van der Waals surface area contributed by atoms with Crippen molar-refractivity contribution < 1.29 is 9.59 Å². The van der Waals surface area contributed by atoms with Gasteiger partial charge in [-0.05, 0) is 37.1 Å². The van der Waals surface area contributed by atoms with Gasteiger partial charge in [-0.2, -0.15) is 0 Å². The van der Waals surface area contributed by atoms with Gasteiger partial charge in [-0.15, -0.1) is 0 Å². The second-order valence-corrected chi connectivity index (χ2v) is 5.44. The molecule has 0 atom stereocenters. The molecule has 0 aromatic heterocycles. The minimum atomic E-state index is -0.104. The van der Waals surface area contributed by atoms with E-state index in [1.165, 1.54) is 26.2 Å². The number of amides is 3. The zero-order valence-electron chi connectivity index (χ0n) is 12.5. The molecular formula is C16H23N3O2. The largest absolute Gasteiger partial charge is 0.326 e. The fourth-order valence-electron chi connectivity index (χ4n) is 2.49. The van der Waals surface area contributed by atoms with Crippen LogP contribution < -0.4 is 10.6 Å². The third-order valence-electron chi connectivity index (χ3n) is 3.60. The van der Waals surface area contributed by atoms with E-state index in [9.17, 15) is 9.59 Å². The summed E-state index contributed by atoms with van der Waals surface area (Å²) in [6.07, 6.45) is 5.84. The van der Waals surface area contributed by atoms with Gasteiger partial charge >= 0.3 is 6.03 Å². The molecule has 5 heteroatoms. The van der Waals surface area contributed by atoms with Crippen molar-refractivity contribution in [3.63, 3.8) is 0 Å². The molecule has 5 nitrogen and oxygen atoms in total. The molecule has 1 aliphatic rings. The Labute approximate surface area is 125 Å². The van der Waals surface area contributed by atoms with E-state index in [1.807, 2.05) is 4.90 Å². The summed E-state index contributed by atoms with van der Waals surface area (Å²) in [6.45, 7) is 3.13. The standard InChI is InChI=1S/C16H23N3O2/c1-13(20)17-14-7-9-15(10-8-14)18-16(21)19-11-5-3-2-4-6-12-19/h7-10H,2-6,11-12H2,1H3,(H,17,20)(H,18,21). The van der Waals surface area contributed by atoms with Gasteiger partial charge in [0.2, 0.25) is 5.91 Å². The first-order chi connectivity index (χ1) is 10.1. The Balaban J connectivity index is 1.90. The zero-order valence-corrected chi connectivity index (χ0v) is 12.5. The van der Waals surface area contributed by atoms with E-state index in [1.54, 1.807) is 24.3 Å². The molecule has 3 amide bonds. The number of likely N-dealkylation sites (tertiary alicyclic amines) is 1. The quantitative estimate of drug-likeness (QED) is 0.876. The van der Waals surface area contributed by atoms with Crippen molar-refractivity contribution in [1.29, 1.82) is 0 Å². The highest BCUT2D eigenvalue weighted by molar-refractivity contribution is 5.91. The van der Waals surface area contributed by atoms with Gasteiger partial charge in [-0.1, -0.05) is 19.3 Å². The first-order valence-corrected chi connectivity index (χ1v) is 7.59. The lowest BCUT2D eigenvalue weighted by Crippen LogP contribution is -2.37. The van der Waals surface area contributed by atoms with Gasteiger partial charge in [0, 0.05) is 31.4 Å². The number of nitrogens with zero attached hydrogens (tertiary/aromatic N) is 1. The van der Waals surface area contributed by atoms with E-state index >= 15 is 0 Å². The van der Waals surface area contributed by atoms with E-state index < -0.39 is 0 Å². The van der Waals surface area contributed by atoms with Crippen LogP contribution in [0.4, 0.5) is 16.2 Å². The highest BCUT2D eigenvalue weighted by Gasteiger charge is 2.14. The van der Waals surface area contributed by atoms with Crippen LogP contribution in [0.1, 0.15) is 39.0 Å². The smallest absolute Gasteiger partial charge is 0.321 e. The van der Waals surface area contributed by atoms with Gasteiger partial charge in [0.05, 0.1) is 0 Å². The summed E-state index contributed by atoms with van der Waals surface area (Å²) in [5.41, 5.74) is 1.47. The summed E-state index contributed by atoms with van der Waals surface area (Å²) in [5, 5.41) is 5.62. The summed E-state index contributed by atoms with van der Waals surface area (Å²) < 4.78 is 0. The van der Waals surface area contributed by atoms with Crippen molar-refractivity contribution in [1.82, 2.24) is 4.90 Å². The SMILES string of the molecule is CC(=O)Nc1ccc(NC(=O)N2CCCCCCC2)cc1. The van der Waals surface area contributed by atoms with E-state index in [0.717, 1.165) is 37.3 Å². The van der Waals surface area contributed by atoms with Gasteiger partial charge in [0.1, 0.15) is 0 Å². The molecule has 114 valence electrons. The molecule has 1 fully saturated rings. The van der Waals surface area contributed by atoms with Crippen LogP contribution in [0.3, 0.4) is 0 Å². The Hall–Kier alpha value is -2.04. The maximum Gasteiger partial charge on any atom is 0.321 e. The molecule has 0 aliphatic carbocycles. The molecule has 0 bridgehead atoms. The molecule has 2 rings (SSSR count). The molecule has 0 radical (unpaired) electrons. The van der Waals surface area contributed by atoms with Crippen LogP contribution in [0, 0.1) is 0 Å². The van der Waals surface area contributed by atoms with Crippen LogP contribution in [-0.2, 0) is 4.79 Å². The highest BCUT2D eigenvalue weighted by atomic mass is 16.2. The lowest BCUT2D eigenvalue weighted by Gasteiger charge is -2.25. The van der Waals surface area contributed by atoms with Crippen LogP contribution in [0.15, 0.2) is 24.3 Å². The number of rotatable bonds is 2. The Morgan fingerprint density at radius 1 is 0.857 bits per heavy atom. The maximum absolute atomic E-state index is 12.2. The first-order valence-electron chi connectivity index (χ1n) is 7.59. The van der Waals surface area contributed by atoms with Crippen molar-refractivity contribution >= 4 is 23.3 Å². The second kappa shape index (κ2) is 7.67. The van der Waals surface area contributed by atoms with Gasteiger partial charge in [-0.3, -0.25) is 4.79 Å². The van der Waals surface area contributed by atoms with Gasteiger partial charge in [0.15, 0.2) is 0 Å². The van der Waals surface area contributed by atoms with E-state index in [2.05, 4.69) is 10.6 Å². The third kappa shape index (κ3) is 5.10. The van der Waals surface area contributed by atoms with Crippen LogP contribution >= 0.6 is 0 Å². The molecule has 0 spiro atoms. The fraction of sp³-hybridized carbons (Fsp3) is 0.500. The lowest BCUT2D eigenvalue weighted by atomic mass is 10.1. The normalized spacial score (nSPS) is 15.8. The Bertz CT molecular complexity index is 477. The van der Waals surface area contributed by atoms with Crippen molar-refractivity contribution in [2.24, 2.45) is 0 Å². The van der Waals surface area contributed by atoms with Crippen molar-refractivity contribution in [3.8, 4) is 0 Å². The monoisotopic (exact) mass is 289 g/mol. The summed E-state index contributed by atoms with van der Waals surface area (Å²) in [4.78, 5) is 25.1. The van der Waals surface area contributed by atoms with Crippen LogP contribution in [0.25, 0.3) is 0 Å². The van der Waals surface area contributed by atoms with E-state index in [-0.39, 0.29) is 11.9 Å². The number of hydrogen-bond acceptors (Lipinski definition) is 2. The van der Waals surface area contributed by atoms with E-state index in [0.29, 0.717) is 0 Å². The predicted octanol–water partition coefficient (Wildman–Crippen LogP) is 3.44. The minimum absolute atomic E-state index is 0.0378. The average Bonchev–Trinajstić information content (AvgIpc) is 2.40. The predicted molar refractivity (Wildman–Crippen MR) is 84.4 cm³/mol. The summed E-state index contributed by atoms with van der Waals surface area (Å²) >= 11 is 0. The molecule has 2 N–H and O–H groups in total. The summed E-state index contributed by atoms with van der Waals surface area (Å²) in [6, 6.07) is 7.12. The maximum atomic E-state index is 12.2. The van der Waals surface area contributed by atoms with Crippen molar-refractivity contribution in [2.45, 2.75) is 39.0 Å². The molecule has 1 saturated heterocycles. The Morgan fingerprint density at radius 2 is 1.33 bits per heavy atom. The number of hydrogen-bond donors (Lipinski definition) is 2. The third-order valence-corrected chi connectivity index (χ3v) is 3.60. The topological polar surface area (TPSA) is 61.4 Å². The van der Waals surface area contributed by atoms with Crippen LogP contribution in [0.2, 0.25) is 0 Å². The number of anilines is 2. The molecule has 0 saturated carbocycles. The minimum Gasteiger partial charge on any atom is -0.326 e. The van der Waals surface area contributed by atoms with E-state index in [4.69, 9.17) is 0 Å². The van der Waals surface area contributed by atoms with Gasteiger partial charge in [0.25, 0.3) is 0 Å². The number of nitrogens with one attached hydrogen (secondary N) is 2. The highest BCUT2D eigenvalue weighted by Crippen LogP contribution is 2.15. The van der Waals surface area contributed by atoms with Gasteiger partial charge in [-0.25, -0.2) is 4.79 Å². The lowest BCUT2D eigenvalue weighted by molar-refractivity contribution is -0.114.